The quantitative estimate of drug-likeness (QED) is 0.231. The summed E-state index contributed by atoms with van der Waals surface area (Å²) in [6.07, 6.45) is -1.12. The molecule has 1 aromatic heterocycles. The highest BCUT2D eigenvalue weighted by Gasteiger charge is 2.30. The first kappa shape index (κ1) is 30.4. The van der Waals surface area contributed by atoms with Crippen molar-refractivity contribution in [2.75, 3.05) is 0 Å². The van der Waals surface area contributed by atoms with E-state index in [1.165, 1.54) is 12.1 Å². The Morgan fingerprint density at radius 3 is 2.21 bits per heavy atom. The molecule has 1 heterocycles. The highest BCUT2D eigenvalue weighted by atomic mass is 35.5. The molecule has 0 aliphatic carbocycles. The van der Waals surface area contributed by atoms with Crippen LogP contribution in [-0.2, 0) is 20.9 Å². The van der Waals surface area contributed by atoms with Crippen molar-refractivity contribution >= 4 is 40.3 Å². The van der Waals surface area contributed by atoms with Gasteiger partial charge in [-0.25, -0.2) is 13.6 Å². The molecule has 42 heavy (non-hydrogen) atoms. The van der Waals surface area contributed by atoms with E-state index in [9.17, 15) is 23.2 Å². The van der Waals surface area contributed by atoms with Crippen LogP contribution in [0.3, 0.4) is 0 Å². The number of primary amides is 2. The molecular formula is C30H27ClF2N4O5. The fourth-order valence-corrected chi connectivity index (χ4v) is 4.71. The second-order valence-electron chi connectivity index (χ2n) is 9.78. The van der Waals surface area contributed by atoms with Crippen LogP contribution < -0.4 is 21.9 Å². The van der Waals surface area contributed by atoms with Gasteiger partial charge in [0, 0.05) is 32.5 Å². The molecule has 0 aliphatic rings. The monoisotopic (exact) mass is 596 g/mol. The summed E-state index contributed by atoms with van der Waals surface area (Å²) in [4.78, 5) is 41.6. The van der Waals surface area contributed by atoms with Gasteiger partial charge < -0.3 is 26.7 Å². The molecule has 0 fully saturated rings. The zero-order valence-corrected chi connectivity index (χ0v) is 23.3. The third kappa shape index (κ3) is 6.17. The first-order chi connectivity index (χ1) is 19.9. The van der Waals surface area contributed by atoms with Gasteiger partial charge in [0.05, 0.1) is 11.4 Å². The van der Waals surface area contributed by atoms with E-state index in [0.29, 0.717) is 16.5 Å². The summed E-state index contributed by atoms with van der Waals surface area (Å²) in [7, 11) is 0. The summed E-state index contributed by atoms with van der Waals surface area (Å²) >= 11 is 6.54. The maximum Gasteiger partial charge on any atom is 0.409 e. The van der Waals surface area contributed by atoms with Gasteiger partial charge in [-0.1, -0.05) is 55.8 Å². The highest BCUT2D eigenvalue weighted by molar-refractivity contribution is 6.31. The van der Waals surface area contributed by atoms with Crippen LogP contribution in [0, 0.1) is 17.6 Å². The number of fused-ring (bicyclic) bond motifs is 1. The van der Waals surface area contributed by atoms with Crippen LogP contribution in [0.1, 0.15) is 36.6 Å². The van der Waals surface area contributed by atoms with E-state index in [0.717, 1.165) is 18.2 Å². The largest absolute Gasteiger partial charge is 0.460 e. The van der Waals surface area contributed by atoms with Crippen molar-refractivity contribution in [3.63, 3.8) is 0 Å². The van der Waals surface area contributed by atoms with Gasteiger partial charge >= 0.3 is 12.1 Å². The summed E-state index contributed by atoms with van der Waals surface area (Å²) in [6.45, 7) is 3.25. The number of nitrogens with two attached hydrogens (primary N) is 3. The third-order valence-electron chi connectivity index (χ3n) is 6.66. The van der Waals surface area contributed by atoms with Crippen LogP contribution in [0.4, 0.5) is 13.6 Å². The molecule has 0 saturated carbocycles. The van der Waals surface area contributed by atoms with Crippen molar-refractivity contribution in [3.05, 3.63) is 94.1 Å². The average Bonchev–Trinajstić information content (AvgIpc) is 2.93. The predicted octanol–water partition coefficient (Wildman–Crippen LogP) is 4.93. The van der Waals surface area contributed by atoms with Crippen molar-refractivity contribution in [1.82, 2.24) is 4.98 Å². The molecule has 218 valence electrons. The van der Waals surface area contributed by atoms with E-state index in [4.69, 9.17) is 38.3 Å². The lowest BCUT2D eigenvalue weighted by Crippen LogP contribution is -2.36. The molecule has 2 amide bonds. The Morgan fingerprint density at radius 2 is 1.60 bits per heavy atom. The number of nitrogens with zero attached hydrogens (tertiary/aromatic N) is 1. The van der Waals surface area contributed by atoms with Gasteiger partial charge in [0.15, 0.2) is 0 Å². The minimum atomic E-state index is -1.68. The zero-order chi connectivity index (χ0) is 30.7. The fourth-order valence-electron chi connectivity index (χ4n) is 4.48. The maximum absolute atomic E-state index is 14.9. The second-order valence-corrected chi connectivity index (χ2v) is 10.2. The maximum atomic E-state index is 14.9. The molecule has 0 bridgehead atoms. The first-order valence-corrected chi connectivity index (χ1v) is 13.1. The fraction of sp³-hybridized carbons (Fsp3) is 0.200. The predicted molar refractivity (Wildman–Crippen MR) is 152 cm³/mol. The van der Waals surface area contributed by atoms with Crippen LogP contribution in [0.15, 0.2) is 60.7 Å². The van der Waals surface area contributed by atoms with Gasteiger partial charge in [-0.15, -0.1) is 0 Å². The zero-order valence-electron chi connectivity index (χ0n) is 22.6. The van der Waals surface area contributed by atoms with Crippen molar-refractivity contribution in [2.45, 2.75) is 32.4 Å². The van der Waals surface area contributed by atoms with E-state index >= 15 is 0 Å². The summed E-state index contributed by atoms with van der Waals surface area (Å²) in [5, 5.41) is 0.836. The number of halogens is 3. The Labute approximate surface area is 244 Å². The number of hydrogen-bond acceptors (Lipinski definition) is 7. The molecule has 1 unspecified atom stereocenters. The number of rotatable bonds is 9. The SMILES string of the molecule is CC(C)[C@H](N)C(=O)OCc1c(Cl)cccc1-c1nc(C(C(N)=O)c2c(F)cccc2F)cc2c(OC(N)=O)cccc12. The highest BCUT2D eigenvalue weighted by Crippen LogP contribution is 2.39. The standard InChI is InChI=1S/C30H27ClF2N4O5/c1-14(2)26(34)29(39)41-13-18-16(6-3-8-19(18)31)27-15-7-4-11-23(42-30(36)40)17(15)12-22(37-27)25(28(35)38)24-20(32)9-5-10-21(24)33/h3-12,14,25-26H,13,34H2,1-2H3,(H2,35,38)(H2,36,40)/t25?,26-/m0/s1. The number of carbonyl (C=O) groups excluding carboxylic acids is 3. The molecule has 2 atom stereocenters. The Morgan fingerprint density at radius 1 is 0.952 bits per heavy atom. The summed E-state index contributed by atoms with van der Waals surface area (Å²) < 4.78 is 40.5. The molecule has 12 heteroatoms. The van der Waals surface area contributed by atoms with Gasteiger partial charge in [-0.2, -0.15) is 0 Å². The van der Waals surface area contributed by atoms with Gasteiger partial charge in [0.25, 0.3) is 0 Å². The van der Waals surface area contributed by atoms with Gasteiger partial charge in [0.1, 0.15) is 36.0 Å². The van der Waals surface area contributed by atoms with Crippen LogP contribution in [0.5, 0.6) is 5.75 Å². The van der Waals surface area contributed by atoms with E-state index in [1.807, 2.05) is 0 Å². The Hall–Kier alpha value is -4.61. The molecule has 9 nitrogen and oxygen atoms in total. The second kappa shape index (κ2) is 12.5. The Kier molecular flexibility index (Phi) is 9.03. The topological polar surface area (TPSA) is 161 Å². The summed E-state index contributed by atoms with van der Waals surface area (Å²) in [5.74, 6) is -5.64. The smallest absolute Gasteiger partial charge is 0.409 e. The Balaban J connectivity index is 2.00. The minimum Gasteiger partial charge on any atom is -0.460 e. The lowest BCUT2D eigenvalue weighted by molar-refractivity contribution is -0.147. The van der Waals surface area contributed by atoms with Gasteiger partial charge in [-0.3, -0.25) is 14.6 Å². The van der Waals surface area contributed by atoms with Crippen molar-refractivity contribution in [1.29, 1.82) is 0 Å². The molecule has 0 saturated heterocycles. The van der Waals surface area contributed by atoms with E-state index in [1.54, 1.807) is 44.2 Å². The van der Waals surface area contributed by atoms with Crippen LogP contribution in [-0.4, -0.2) is 29.0 Å². The lowest BCUT2D eigenvalue weighted by atomic mass is 9.90. The van der Waals surface area contributed by atoms with Gasteiger partial charge in [0.2, 0.25) is 5.91 Å². The minimum absolute atomic E-state index is 0.0139. The van der Waals surface area contributed by atoms with E-state index < -0.39 is 47.1 Å². The molecule has 3 aromatic carbocycles. The summed E-state index contributed by atoms with van der Waals surface area (Å²) in [6, 6.07) is 13.1. The first-order valence-electron chi connectivity index (χ1n) is 12.7. The molecule has 6 N–H and O–H groups in total. The van der Waals surface area contributed by atoms with Crippen molar-refractivity contribution in [3.8, 4) is 17.0 Å². The van der Waals surface area contributed by atoms with Gasteiger partial charge in [-0.05, 0) is 36.2 Å². The van der Waals surface area contributed by atoms with Crippen molar-refractivity contribution in [2.24, 2.45) is 23.1 Å². The number of ether oxygens (including phenoxy) is 2. The van der Waals surface area contributed by atoms with Crippen LogP contribution >= 0.6 is 11.6 Å². The molecule has 0 spiro atoms. The number of hydrogen-bond donors (Lipinski definition) is 3. The number of carbonyl (C=O) groups is 3. The normalized spacial score (nSPS) is 12.6. The third-order valence-corrected chi connectivity index (χ3v) is 7.01. The lowest BCUT2D eigenvalue weighted by Gasteiger charge is -2.20. The number of aromatic nitrogens is 1. The molecule has 0 radical (unpaired) electrons. The molecule has 4 aromatic rings. The number of esters is 1. The van der Waals surface area contributed by atoms with E-state index in [2.05, 4.69) is 4.98 Å². The van der Waals surface area contributed by atoms with E-state index in [-0.39, 0.29) is 40.1 Å². The summed E-state index contributed by atoms with van der Waals surface area (Å²) in [5.41, 5.74) is 17.0. The number of amides is 2. The Bertz CT molecular complexity index is 1680. The number of pyridine rings is 1. The molecular weight excluding hydrogens is 570 g/mol. The average molecular weight is 597 g/mol. The van der Waals surface area contributed by atoms with Crippen molar-refractivity contribution < 1.29 is 32.6 Å². The molecule has 0 aliphatic heterocycles. The molecule has 4 rings (SSSR count). The van der Waals surface area contributed by atoms with Crippen LogP contribution in [0.25, 0.3) is 22.0 Å². The number of benzene rings is 3. The van der Waals surface area contributed by atoms with Crippen LogP contribution in [0.2, 0.25) is 5.02 Å².